The Kier molecular flexibility index (Phi) is 16.6. The van der Waals surface area contributed by atoms with Crippen molar-refractivity contribution in [2.24, 2.45) is 0 Å². The van der Waals surface area contributed by atoms with Crippen LogP contribution in [-0.2, 0) is 18.3 Å². The first-order chi connectivity index (χ1) is 25.6. The number of hydrogen-bond donors (Lipinski definition) is 4. The van der Waals surface area contributed by atoms with Gasteiger partial charge in [-0.25, -0.2) is 29.9 Å². The summed E-state index contributed by atoms with van der Waals surface area (Å²) in [4.78, 5) is 24.9. The molecule has 6 N–H and O–H groups in total. The predicted molar refractivity (Wildman–Crippen MR) is 231 cm³/mol. The van der Waals surface area contributed by atoms with E-state index in [2.05, 4.69) is 111 Å². The third kappa shape index (κ3) is 11.5. The van der Waals surface area contributed by atoms with E-state index in [1.165, 1.54) is 12.7 Å². The Morgan fingerprint density at radius 1 is 0.750 bits per heavy atom. The number of hydrogen-bond acceptors (Lipinski definition) is 14. The molecular weight excluding hydrogens is 788 g/mol. The standard InChI is InChI=1S/C20H37N5O3Si2.C10H13N5O3.C5H13ClSi.CH4/c1-13(2)29(5,6)26-10-16-15(28-30(7,8)14(3)4)9-17(27-16)25-12-24-18-19(21)22-11-23-20(18)25;11-9-8-10(13-3-12-9)15(4-14-8)7-1-5(17)6(2-16)18-7;1-5(2)7(3,4)6;/h11-17H,9-10H2,1-8H3,(H2,21,22,23);3-7,16-17H,1-2H2,(H2,11,12,13);5H,1-4H3;1H4/t15?,16-,17-;5?,6-,7-;;/m11../s1. The Labute approximate surface area is 340 Å². The van der Waals surface area contributed by atoms with Crippen LogP contribution in [0.2, 0.25) is 55.9 Å². The first-order valence-electron chi connectivity index (χ1n) is 19.0. The molecule has 0 bridgehead atoms. The number of rotatable bonds is 11. The first-order valence-corrected chi connectivity index (χ1v) is 29.1. The van der Waals surface area contributed by atoms with Crippen LogP contribution in [0.15, 0.2) is 25.3 Å². The predicted octanol–water partition coefficient (Wildman–Crippen LogP) is 6.85. The maximum absolute atomic E-state index is 9.71. The monoisotopic (exact) mass is 854 g/mol. The Morgan fingerprint density at radius 2 is 1.20 bits per heavy atom. The van der Waals surface area contributed by atoms with E-state index in [0.29, 0.717) is 63.6 Å². The zero-order valence-electron chi connectivity index (χ0n) is 34.5. The van der Waals surface area contributed by atoms with Gasteiger partial charge < -0.3 is 40.0 Å². The molecule has 0 saturated carbocycles. The van der Waals surface area contributed by atoms with Crippen molar-refractivity contribution in [3.8, 4) is 0 Å². The van der Waals surface area contributed by atoms with Gasteiger partial charge in [0.2, 0.25) is 0 Å². The van der Waals surface area contributed by atoms with Crippen LogP contribution in [0.25, 0.3) is 22.3 Å². The number of aromatic nitrogens is 8. The van der Waals surface area contributed by atoms with Crippen LogP contribution in [0.1, 0.15) is 74.3 Å². The molecule has 4 aromatic heterocycles. The number of imidazole rings is 2. The summed E-state index contributed by atoms with van der Waals surface area (Å²) < 4.78 is 28.8. The zero-order chi connectivity index (χ0) is 41.0. The van der Waals surface area contributed by atoms with E-state index in [-0.39, 0.29) is 32.5 Å². The highest BCUT2D eigenvalue weighted by Crippen LogP contribution is 2.37. The van der Waals surface area contributed by atoms with Gasteiger partial charge in [-0.3, -0.25) is 9.13 Å². The van der Waals surface area contributed by atoms with Gasteiger partial charge in [-0.2, -0.15) is 11.1 Å². The summed E-state index contributed by atoms with van der Waals surface area (Å²) in [5, 5.41) is 18.8. The van der Waals surface area contributed by atoms with Crippen molar-refractivity contribution in [1.82, 2.24) is 39.0 Å². The highest BCUT2D eigenvalue weighted by atomic mass is 35.6. The second-order valence-corrected chi connectivity index (χ2v) is 33.3. The maximum Gasteiger partial charge on any atom is 0.189 e. The molecule has 20 heteroatoms. The van der Waals surface area contributed by atoms with Crippen molar-refractivity contribution in [2.45, 2.75) is 155 Å². The lowest BCUT2D eigenvalue weighted by molar-refractivity contribution is -0.0432. The third-order valence-corrected chi connectivity index (χ3v) is 22.6. The largest absolute Gasteiger partial charge is 0.414 e. The summed E-state index contributed by atoms with van der Waals surface area (Å²) in [5.41, 5.74) is 15.7. The topological polar surface area (TPSA) is 217 Å². The van der Waals surface area contributed by atoms with E-state index in [1.54, 1.807) is 17.2 Å². The van der Waals surface area contributed by atoms with Crippen LogP contribution in [0.5, 0.6) is 0 Å². The second kappa shape index (κ2) is 19.4. The van der Waals surface area contributed by atoms with E-state index in [1.807, 2.05) is 4.57 Å². The van der Waals surface area contributed by atoms with Crippen LogP contribution < -0.4 is 11.5 Å². The number of anilines is 2. The average Bonchev–Trinajstić information content (AvgIpc) is 3.89. The molecule has 2 aliphatic heterocycles. The van der Waals surface area contributed by atoms with Gasteiger partial charge in [0, 0.05) is 12.8 Å². The lowest BCUT2D eigenvalue weighted by Gasteiger charge is -2.34. The number of nitrogens with zero attached hydrogens (tertiary/aromatic N) is 8. The fourth-order valence-corrected chi connectivity index (χ4v) is 7.57. The zero-order valence-corrected chi connectivity index (χ0v) is 38.2. The highest BCUT2D eigenvalue weighted by molar-refractivity contribution is 7.19. The number of halogens is 1. The van der Waals surface area contributed by atoms with Crippen LogP contribution in [0.3, 0.4) is 0 Å². The average molecular weight is 856 g/mol. The quantitative estimate of drug-likeness (QED) is 0.0897. The minimum absolute atomic E-state index is 0. The molecule has 316 valence electrons. The summed E-state index contributed by atoms with van der Waals surface area (Å²) in [6.07, 6.45) is 5.16. The minimum Gasteiger partial charge on any atom is -0.414 e. The molecule has 0 spiro atoms. The Morgan fingerprint density at radius 3 is 1.61 bits per heavy atom. The summed E-state index contributed by atoms with van der Waals surface area (Å²) >= 11 is 6.01. The Balaban J connectivity index is 0.000000273. The molecule has 6 rings (SSSR count). The maximum atomic E-state index is 9.71. The van der Waals surface area contributed by atoms with Crippen LogP contribution >= 0.6 is 11.1 Å². The summed E-state index contributed by atoms with van der Waals surface area (Å²) in [5.74, 6) is 0.679. The fourth-order valence-electron chi connectivity index (χ4n) is 5.35. The van der Waals surface area contributed by atoms with E-state index < -0.39 is 42.5 Å². The Bertz CT molecular complexity index is 1840. The number of nitrogen functional groups attached to an aromatic ring is 2. The molecule has 6 atom stereocenters. The van der Waals surface area contributed by atoms with Crippen LogP contribution in [0.4, 0.5) is 11.6 Å². The normalized spacial score (nSPS) is 23.0. The van der Waals surface area contributed by atoms with Crippen LogP contribution in [-0.4, -0.2) is 111 Å². The smallest absolute Gasteiger partial charge is 0.189 e. The highest BCUT2D eigenvalue weighted by Gasteiger charge is 2.43. The van der Waals surface area contributed by atoms with Gasteiger partial charge in [-0.1, -0.05) is 62.1 Å². The molecule has 16 nitrogen and oxygen atoms in total. The fraction of sp³-hybridized carbons (Fsp3) is 0.722. The molecule has 56 heavy (non-hydrogen) atoms. The number of aliphatic hydroxyl groups excluding tert-OH is 2. The van der Waals surface area contributed by atoms with E-state index in [0.717, 1.165) is 6.42 Å². The number of ether oxygens (including phenoxy) is 2. The molecule has 0 amide bonds. The molecule has 2 fully saturated rings. The molecule has 2 aliphatic rings. The summed E-state index contributed by atoms with van der Waals surface area (Å²) in [6, 6.07) is 0. The Hall–Kier alpha value is -2.60. The van der Waals surface area contributed by atoms with Crippen molar-refractivity contribution >= 4 is 69.1 Å². The molecule has 2 unspecified atom stereocenters. The summed E-state index contributed by atoms with van der Waals surface area (Å²) in [6.45, 7) is 27.0. The van der Waals surface area contributed by atoms with E-state index in [9.17, 15) is 5.11 Å². The molecule has 0 aromatic carbocycles. The van der Waals surface area contributed by atoms with Crippen molar-refractivity contribution in [3.63, 3.8) is 0 Å². The van der Waals surface area contributed by atoms with Gasteiger partial charge in [0.1, 0.15) is 48.4 Å². The molecular formula is C36H67ClN10O6Si3. The number of fused-ring (bicyclic) bond motifs is 2. The second-order valence-electron chi connectivity index (χ2n) is 16.8. The van der Waals surface area contributed by atoms with Gasteiger partial charge >= 0.3 is 0 Å². The summed E-state index contributed by atoms with van der Waals surface area (Å²) in [7, 11) is -4.90. The lowest BCUT2D eigenvalue weighted by atomic mass is 10.2. The molecule has 0 radical (unpaired) electrons. The van der Waals surface area contributed by atoms with Crippen molar-refractivity contribution in [2.75, 3.05) is 24.7 Å². The van der Waals surface area contributed by atoms with Gasteiger partial charge in [0.05, 0.1) is 38.1 Å². The lowest BCUT2D eigenvalue weighted by Crippen LogP contribution is -2.44. The first kappa shape index (κ1) is 47.8. The van der Waals surface area contributed by atoms with Gasteiger partial charge in [-0.15, -0.1) is 0 Å². The number of aliphatic hydroxyl groups is 2. The molecule has 0 aliphatic carbocycles. The SMILES string of the molecule is C.CC(C)[Si](C)(C)Cl.CC(C)[Si](C)(C)OC[C@H]1O[C@@H](n2cnc3c(N)ncnc32)CC1O[Si](C)(C)C(C)C.Nc1ncnc2c1ncn2[C@H]1CC(O)[C@@H](CO)O1. The van der Waals surface area contributed by atoms with Crippen molar-refractivity contribution < 1.29 is 28.5 Å². The van der Waals surface area contributed by atoms with Gasteiger partial charge in [0.25, 0.3) is 0 Å². The van der Waals surface area contributed by atoms with Gasteiger partial charge in [0.15, 0.2) is 46.9 Å². The van der Waals surface area contributed by atoms with Crippen molar-refractivity contribution in [3.05, 3.63) is 25.3 Å². The minimum atomic E-state index is -1.86. The molecule has 6 heterocycles. The third-order valence-electron chi connectivity index (χ3n) is 11.2. The number of nitrogens with two attached hydrogens (primary N) is 2. The van der Waals surface area contributed by atoms with Crippen LogP contribution in [0, 0.1) is 0 Å². The van der Waals surface area contributed by atoms with E-state index in [4.69, 9.17) is 46.0 Å². The molecule has 2 saturated heterocycles. The van der Waals surface area contributed by atoms with E-state index >= 15 is 0 Å². The molecule has 4 aromatic rings. The van der Waals surface area contributed by atoms with Gasteiger partial charge in [-0.05, 0) is 42.8 Å². The van der Waals surface area contributed by atoms with Crippen molar-refractivity contribution in [1.29, 1.82) is 0 Å².